The Morgan fingerprint density at radius 2 is 1.75 bits per heavy atom. The van der Waals surface area contributed by atoms with Gasteiger partial charge in [0.1, 0.15) is 0 Å². The van der Waals surface area contributed by atoms with Crippen LogP contribution in [-0.4, -0.2) is 22.9 Å². The smallest absolute Gasteiger partial charge is 0.311 e. The van der Waals surface area contributed by atoms with Crippen molar-refractivity contribution in [2.75, 3.05) is 5.32 Å². The number of nitrogens with one attached hydrogen (secondary N) is 1. The van der Waals surface area contributed by atoms with E-state index in [9.17, 15) is 19.7 Å². The Hall–Kier alpha value is -3.22. The Balaban J connectivity index is 1.94. The minimum absolute atomic E-state index is 0.157. The van der Waals surface area contributed by atoms with E-state index in [1.165, 1.54) is 25.1 Å². The molecule has 124 valence electrons. The molecule has 1 amide bonds. The van der Waals surface area contributed by atoms with Crippen LogP contribution >= 0.6 is 0 Å². The third kappa shape index (κ3) is 4.64. The monoisotopic (exact) mass is 328 g/mol. The first-order valence-electron chi connectivity index (χ1n) is 7.25. The SMILES string of the molecule is C[C@H](OC(=O)Cc1ccccc1[N+](=O)[O-])C(=O)Nc1ccccc1. The number of nitrogens with zero attached hydrogens (tertiary/aromatic N) is 1. The van der Waals surface area contributed by atoms with Crippen LogP contribution in [-0.2, 0) is 20.7 Å². The molecule has 0 heterocycles. The van der Waals surface area contributed by atoms with Crippen LogP contribution in [0.4, 0.5) is 11.4 Å². The van der Waals surface area contributed by atoms with Gasteiger partial charge in [-0.1, -0.05) is 36.4 Å². The van der Waals surface area contributed by atoms with Crippen molar-refractivity contribution in [1.82, 2.24) is 0 Å². The third-order valence-corrected chi connectivity index (χ3v) is 3.24. The molecule has 0 aliphatic carbocycles. The fourth-order valence-corrected chi connectivity index (χ4v) is 2.05. The summed E-state index contributed by atoms with van der Waals surface area (Å²) in [4.78, 5) is 34.3. The predicted octanol–water partition coefficient (Wildman–Crippen LogP) is 2.71. The van der Waals surface area contributed by atoms with Crippen molar-refractivity contribution in [2.45, 2.75) is 19.4 Å². The molecule has 0 radical (unpaired) electrons. The van der Waals surface area contributed by atoms with Crippen LogP contribution in [0.1, 0.15) is 12.5 Å². The molecule has 0 aliphatic heterocycles. The lowest BCUT2D eigenvalue weighted by Crippen LogP contribution is -2.30. The Morgan fingerprint density at radius 3 is 2.42 bits per heavy atom. The number of anilines is 1. The lowest BCUT2D eigenvalue weighted by atomic mass is 10.1. The number of ether oxygens (including phenoxy) is 1. The molecule has 7 nitrogen and oxygen atoms in total. The zero-order valence-corrected chi connectivity index (χ0v) is 13.0. The van der Waals surface area contributed by atoms with Crippen molar-refractivity contribution in [3.8, 4) is 0 Å². The Kier molecular flexibility index (Phi) is 5.62. The summed E-state index contributed by atoms with van der Waals surface area (Å²) < 4.78 is 5.05. The van der Waals surface area contributed by atoms with Gasteiger partial charge in [0.2, 0.25) is 0 Å². The number of rotatable bonds is 6. The first-order valence-corrected chi connectivity index (χ1v) is 7.25. The van der Waals surface area contributed by atoms with Gasteiger partial charge >= 0.3 is 5.97 Å². The fourth-order valence-electron chi connectivity index (χ4n) is 2.05. The molecule has 0 saturated heterocycles. The average molecular weight is 328 g/mol. The summed E-state index contributed by atoms with van der Waals surface area (Å²) in [5.41, 5.74) is 0.670. The number of hydrogen-bond acceptors (Lipinski definition) is 5. The van der Waals surface area contributed by atoms with Crippen molar-refractivity contribution < 1.29 is 19.2 Å². The molecule has 0 unspecified atom stereocenters. The van der Waals surface area contributed by atoms with Gasteiger partial charge in [-0.2, -0.15) is 0 Å². The van der Waals surface area contributed by atoms with Crippen LogP contribution in [0.3, 0.4) is 0 Å². The standard InChI is InChI=1S/C17H16N2O5/c1-12(17(21)18-14-8-3-2-4-9-14)24-16(20)11-13-7-5-6-10-15(13)19(22)23/h2-10,12H,11H2,1H3,(H,18,21)/t12-/m0/s1. The van der Waals surface area contributed by atoms with E-state index in [-0.39, 0.29) is 17.7 Å². The van der Waals surface area contributed by atoms with Gasteiger partial charge in [-0.15, -0.1) is 0 Å². The minimum Gasteiger partial charge on any atom is -0.452 e. The van der Waals surface area contributed by atoms with Crippen molar-refractivity contribution >= 4 is 23.3 Å². The van der Waals surface area contributed by atoms with Gasteiger partial charge in [0.25, 0.3) is 11.6 Å². The summed E-state index contributed by atoms with van der Waals surface area (Å²) in [6, 6.07) is 14.7. The van der Waals surface area contributed by atoms with Crippen molar-refractivity contribution in [1.29, 1.82) is 0 Å². The number of para-hydroxylation sites is 2. The summed E-state index contributed by atoms with van der Waals surface area (Å²) in [6.07, 6.45) is -1.29. The normalized spacial score (nSPS) is 11.4. The highest BCUT2D eigenvalue weighted by molar-refractivity contribution is 5.95. The fraction of sp³-hybridized carbons (Fsp3) is 0.176. The molecule has 2 rings (SSSR count). The van der Waals surface area contributed by atoms with Gasteiger partial charge in [-0.3, -0.25) is 19.7 Å². The van der Waals surface area contributed by atoms with Gasteiger partial charge < -0.3 is 10.1 Å². The van der Waals surface area contributed by atoms with Gasteiger partial charge in [0.15, 0.2) is 6.10 Å². The summed E-state index contributed by atoms with van der Waals surface area (Å²) in [5, 5.41) is 13.5. The van der Waals surface area contributed by atoms with E-state index in [0.29, 0.717) is 5.69 Å². The molecule has 0 aromatic heterocycles. The molecule has 0 aliphatic rings. The zero-order valence-electron chi connectivity index (χ0n) is 13.0. The zero-order chi connectivity index (χ0) is 17.5. The summed E-state index contributed by atoms with van der Waals surface area (Å²) in [6.45, 7) is 1.44. The lowest BCUT2D eigenvalue weighted by molar-refractivity contribution is -0.385. The Morgan fingerprint density at radius 1 is 1.12 bits per heavy atom. The summed E-state index contributed by atoms with van der Waals surface area (Å²) in [5.74, 6) is -1.18. The van der Waals surface area contributed by atoms with Crippen LogP contribution in [0.25, 0.3) is 0 Å². The molecule has 24 heavy (non-hydrogen) atoms. The number of benzene rings is 2. The number of carbonyl (C=O) groups excluding carboxylic acids is 2. The van der Waals surface area contributed by atoms with Gasteiger partial charge in [-0.05, 0) is 19.1 Å². The average Bonchev–Trinajstić information content (AvgIpc) is 2.55. The van der Waals surface area contributed by atoms with Gasteiger partial charge in [-0.25, -0.2) is 0 Å². The maximum Gasteiger partial charge on any atom is 0.311 e. The number of nitro groups is 1. The van der Waals surface area contributed by atoms with Crippen LogP contribution in [0.2, 0.25) is 0 Å². The molecule has 0 bridgehead atoms. The van der Waals surface area contributed by atoms with E-state index in [1.807, 2.05) is 6.07 Å². The minimum atomic E-state index is -1.01. The van der Waals surface area contributed by atoms with Gasteiger partial charge in [0.05, 0.1) is 11.3 Å². The number of amides is 1. The number of carbonyl (C=O) groups is 2. The molecule has 1 N–H and O–H groups in total. The maximum atomic E-state index is 12.0. The molecule has 0 spiro atoms. The molecule has 7 heteroatoms. The quantitative estimate of drug-likeness (QED) is 0.499. The van der Waals surface area contributed by atoms with Crippen LogP contribution < -0.4 is 5.32 Å². The number of nitro benzene ring substituents is 1. The van der Waals surface area contributed by atoms with Crippen molar-refractivity contribution in [2.24, 2.45) is 0 Å². The first-order chi connectivity index (χ1) is 11.5. The van der Waals surface area contributed by atoms with Crippen molar-refractivity contribution in [3.05, 3.63) is 70.3 Å². The number of hydrogen-bond donors (Lipinski definition) is 1. The third-order valence-electron chi connectivity index (χ3n) is 3.24. The lowest BCUT2D eigenvalue weighted by Gasteiger charge is -2.13. The highest BCUT2D eigenvalue weighted by atomic mass is 16.6. The van der Waals surface area contributed by atoms with E-state index in [2.05, 4.69) is 5.32 Å². The Bertz CT molecular complexity index is 746. The molecule has 1 atom stereocenters. The second kappa shape index (κ2) is 7.87. The highest BCUT2D eigenvalue weighted by Gasteiger charge is 2.21. The molecule has 2 aromatic carbocycles. The van der Waals surface area contributed by atoms with Crippen LogP contribution in [0.15, 0.2) is 54.6 Å². The van der Waals surface area contributed by atoms with E-state index >= 15 is 0 Å². The predicted molar refractivity (Wildman–Crippen MR) is 87.4 cm³/mol. The molecular weight excluding hydrogens is 312 g/mol. The molecule has 0 saturated carbocycles. The Labute approximate surface area is 138 Å². The maximum absolute atomic E-state index is 12.0. The largest absolute Gasteiger partial charge is 0.452 e. The molecule has 2 aromatic rings. The second-order valence-corrected chi connectivity index (χ2v) is 5.05. The topological polar surface area (TPSA) is 98.5 Å². The van der Waals surface area contributed by atoms with E-state index in [4.69, 9.17) is 4.74 Å². The summed E-state index contributed by atoms with van der Waals surface area (Å²) in [7, 11) is 0. The first kappa shape index (κ1) is 17.1. The van der Waals surface area contributed by atoms with E-state index in [1.54, 1.807) is 30.3 Å². The number of esters is 1. The van der Waals surface area contributed by atoms with Crippen LogP contribution in [0.5, 0.6) is 0 Å². The molecule has 0 fully saturated rings. The molecular formula is C17H16N2O5. The van der Waals surface area contributed by atoms with E-state index in [0.717, 1.165) is 0 Å². The van der Waals surface area contributed by atoms with Crippen LogP contribution in [0, 0.1) is 10.1 Å². The van der Waals surface area contributed by atoms with E-state index < -0.39 is 22.9 Å². The van der Waals surface area contributed by atoms with Gasteiger partial charge in [0, 0.05) is 17.3 Å². The highest BCUT2D eigenvalue weighted by Crippen LogP contribution is 2.18. The summed E-state index contributed by atoms with van der Waals surface area (Å²) >= 11 is 0. The van der Waals surface area contributed by atoms with Crippen molar-refractivity contribution in [3.63, 3.8) is 0 Å². The second-order valence-electron chi connectivity index (χ2n) is 5.05.